The van der Waals surface area contributed by atoms with Crippen molar-refractivity contribution in [3.05, 3.63) is 0 Å². The maximum absolute atomic E-state index is 4.76. The molecule has 0 aromatic carbocycles. The number of likely N-dealkylation sites (N-methyl/N-ethyl adjacent to an activating group) is 1. The molecule has 0 radical (unpaired) electrons. The van der Waals surface area contributed by atoms with Crippen molar-refractivity contribution in [2.45, 2.75) is 52.0 Å². The molecule has 20 heavy (non-hydrogen) atoms. The molecule has 1 saturated carbocycles. The average Bonchev–Trinajstić information content (AvgIpc) is 3.12. The Kier molecular flexibility index (Phi) is 8.84. The standard InChI is InChI=1S/C15H30N4.HI/c1-3-16-15(17-10-9-13-7-8-13)18-12-14-6-5-11-19(14)4-2;/h13-14H,3-12H2,1-2H3,(H2,16,17,18);1H. The van der Waals surface area contributed by atoms with Crippen molar-refractivity contribution in [2.75, 3.05) is 32.7 Å². The minimum Gasteiger partial charge on any atom is -0.357 e. The summed E-state index contributed by atoms with van der Waals surface area (Å²) < 4.78 is 0. The number of likely N-dealkylation sites (tertiary alicyclic amines) is 1. The number of hydrogen-bond donors (Lipinski definition) is 2. The molecule has 1 heterocycles. The quantitative estimate of drug-likeness (QED) is 0.396. The number of halogens is 1. The molecule has 0 aromatic heterocycles. The van der Waals surface area contributed by atoms with E-state index in [1.54, 1.807) is 0 Å². The fourth-order valence-electron chi connectivity index (χ4n) is 2.86. The molecule has 1 unspecified atom stereocenters. The fourth-order valence-corrected chi connectivity index (χ4v) is 2.86. The lowest BCUT2D eigenvalue weighted by atomic mass is 10.2. The van der Waals surface area contributed by atoms with Gasteiger partial charge in [0.05, 0.1) is 6.54 Å². The van der Waals surface area contributed by atoms with Crippen LogP contribution in [0.4, 0.5) is 0 Å². The van der Waals surface area contributed by atoms with Gasteiger partial charge < -0.3 is 10.6 Å². The molecule has 0 spiro atoms. The molecule has 5 heteroatoms. The summed E-state index contributed by atoms with van der Waals surface area (Å²) in [6.07, 6.45) is 6.80. The molecule has 2 rings (SSSR count). The van der Waals surface area contributed by atoms with Crippen LogP contribution in [0, 0.1) is 5.92 Å². The maximum atomic E-state index is 4.76. The van der Waals surface area contributed by atoms with Gasteiger partial charge in [-0.2, -0.15) is 0 Å². The first kappa shape index (κ1) is 18.0. The first-order valence-electron chi connectivity index (χ1n) is 8.09. The molecule has 2 N–H and O–H groups in total. The van der Waals surface area contributed by atoms with Gasteiger partial charge in [-0.25, -0.2) is 0 Å². The number of hydrogen-bond acceptors (Lipinski definition) is 2. The predicted molar refractivity (Wildman–Crippen MR) is 97.0 cm³/mol. The van der Waals surface area contributed by atoms with Crippen LogP contribution < -0.4 is 10.6 Å². The lowest BCUT2D eigenvalue weighted by Crippen LogP contribution is -2.39. The minimum atomic E-state index is 0. The van der Waals surface area contributed by atoms with E-state index in [1.165, 1.54) is 38.6 Å². The summed E-state index contributed by atoms with van der Waals surface area (Å²) in [7, 11) is 0. The Labute approximate surface area is 141 Å². The summed E-state index contributed by atoms with van der Waals surface area (Å²) in [5, 5.41) is 6.82. The van der Waals surface area contributed by atoms with E-state index < -0.39 is 0 Å². The van der Waals surface area contributed by atoms with Gasteiger partial charge in [0.1, 0.15) is 0 Å². The number of rotatable bonds is 7. The van der Waals surface area contributed by atoms with Crippen LogP contribution in [0.25, 0.3) is 0 Å². The molecule has 1 aliphatic heterocycles. The smallest absolute Gasteiger partial charge is 0.191 e. The molecule has 118 valence electrons. The van der Waals surface area contributed by atoms with Crippen molar-refractivity contribution in [1.82, 2.24) is 15.5 Å². The van der Waals surface area contributed by atoms with E-state index in [2.05, 4.69) is 29.4 Å². The van der Waals surface area contributed by atoms with Crippen LogP contribution in [0.15, 0.2) is 4.99 Å². The second-order valence-electron chi connectivity index (χ2n) is 5.80. The summed E-state index contributed by atoms with van der Waals surface area (Å²) in [6.45, 7) is 9.74. The number of guanidine groups is 1. The molecule has 2 fully saturated rings. The van der Waals surface area contributed by atoms with Gasteiger partial charge in [-0.3, -0.25) is 9.89 Å². The van der Waals surface area contributed by atoms with Crippen LogP contribution >= 0.6 is 24.0 Å². The first-order chi connectivity index (χ1) is 9.33. The van der Waals surface area contributed by atoms with Crippen LogP contribution in [0.3, 0.4) is 0 Å². The van der Waals surface area contributed by atoms with E-state index in [0.29, 0.717) is 6.04 Å². The molecular weight excluding hydrogens is 363 g/mol. The number of aliphatic imine (C=N–C) groups is 1. The van der Waals surface area contributed by atoms with Gasteiger partial charge in [-0.1, -0.05) is 19.8 Å². The Balaban J connectivity index is 0.00000200. The first-order valence-corrected chi connectivity index (χ1v) is 8.09. The Hall–Kier alpha value is -0.0400. The lowest BCUT2D eigenvalue weighted by molar-refractivity contribution is 0.273. The third-order valence-corrected chi connectivity index (χ3v) is 4.25. The summed E-state index contributed by atoms with van der Waals surface area (Å²) in [5.74, 6) is 1.99. The summed E-state index contributed by atoms with van der Waals surface area (Å²) in [5.41, 5.74) is 0. The normalized spacial score (nSPS) is 23.5. The molecule has 4 nitrogen and oxygen atoms in total. The summed E-state index contributed by atoms with van der Waals surface area (Å²) in [4.78, 5) is 7.32. The van der Waals surface area contributed by atoms with Gasteiger partial charge in [0.2, 0.25) is 0 Å². The zero-order valence-corrected chi connectivity index (χ0v) is 15.4. The molecule has 2 aliphatic rings. The van der Waals surface area contributed by atoms with Crippen LogP contribution in [0.5, 0.6) is 0 Å². The molecule has 0 amide bonds. The highest BCUT2D eigenvalue weighted by molar-refractivity contribution is 14.0. The second kappa shape index (κ2) is 9.82. The Bertz CT molecular complexity index is 292. The molecule has 1 saturated heterocycles. The van der Waals surface area contributed by atoms with Gasteiger partial charge in [0, 0.05) is 19.1 Å². The third kappa shape index (κ3) is 6.16. The van der Waals surface area contributed by atoms with Crippen molar-refractivity contribution < 1.29 is 0 Å². The average molecular weight is 394 g/mol. The zero-order valence-electron chi connectivity index (χ0n) is 13.0. The van der Waals surface area contributed by atoms with Gasteiger partial charge in [-0.05, 0) is 45.2 Å². The van der Waals surface area contributed by atoms with E-state index in [-0.39, 0.29) is 24.0 Å². The Morgan fingerprint density at radius 3 is 2.65 bits per heavy atom. The van der Waals surface area contributed by atoms with Crippen molar-refractivity contribution in [2.24, 2.45) is 10.9 Å². The third-order valence-electron chi connectivity index (χ3n) is 4.25. The van der Waals surface area contributed by atoms with Crippen LogP contribution in [-0.4, -0.2) is 49.6 Å². The molecule has 0 aromatic rings. The molecule has 1 aliphatic carbocycles. The van der Waals surface area contributed by atoms with Crippen molar-refractivity contribution >= 4 is 29.9 Å². The van der Waals surface area contributed by atoms with E-state index >= 15 is 0 Å². The topological polar surface area (TPSA) is 39.7 Å². The second-order valence-corrected chi connectivity index (χ2v) is 5.80. The van der Waals surface area contributed by atoms with Crippen molar-refractivity contribution in [3.63, 3.8) is 0 Å². The lowest BCUT2D eigenvalue weighted by Gasteiger charge is -2.21. The fraction of sp³-hybridized carbons (Fsp3) is 0.933. The van der Waals surface area contributed by atoms with Crippen LogP contribution in [0.1, 0.15) is 46.0 Å². The van der Waals surface area contributed by atoms with Gasteiger partial charge >= 0.3 is 0 Å². The highest BCUT2D eigenvalue weighted by Crippen LogP contribution is 2.31. The van der Waals surface area contributed by atoms with Gasteiger partial charge in [0.25, 0.3) is 0 Å². The SMILES string of the molecule is CCNC(=NCC1CCCN1CC)NCCC1CC1.I. The Morgan fingerprint density at radius 1 is 1.20 bits per heavy atom. The predicted octanol–water partition coefficient (Wildman–Crippen LogP) is 2.44. The monoisotopic (exact) mass is 394 g/mol. The molecular formula is C15H31IN4. The minimum absolute atomic E-state index is 0. The Morgan fingerprint density at radius 2 is 2.00 bits per heavy atom. The zero-order chi connectivity index (χ0) is 13.5. The number of nitrogens with zero attached hydrogens (tertiary/aromatic N) is 2. The highest BCUT2D eigenvalue weighted by atomic mass is 127. The van der Waals surface area contributed by atoms with Crippen LogP contribution in [0.2, 0.25) is 0 Å². The maximum Gasteiger partial charge on any atom is 0.191 e. The van der Waals surface area contributed by atoms with E-state index in [4.69, 9.17) is 4.99 Å². The van der Waals surface area contributed by atoms with Gasteiger partial charge in [0.15, 0.2) is 5.96 Å². The van der Waals surface area contributed by atoms with E-state index in [1.807, 2.05) is 0 Å². The largest absolute Gasteiger partial charge is 0.357 e. The van der Waals surface area contributed by atoms with Crippen molar-refractivity contribution in [1.29, 1.82) is 0 Å². The number of nitrogens with one attached hydrogen (secondary N) is 2. The van der Waals surface area contributed by atoms with E-state index in [9.17, 15) is 0 Å². The molecule has 0 bridgehead atoms. The van der Waals surface area contributed by atoms with Crippen molar-refractivity contribution in [3.8, 4) is 0 Å². The molecule has 1 atom stereocenters. The van der Waals surface area contributed by atoms with E-state index in [0.717, 1.165) is 38.1 Å². The van der Waals surface area contributed by atoms with Crippen LogP contribution in [-0.2, 0) is 0 Å². The summed E-state index contributed by atoms with van der Waals surface area (Å²) in [6, 6.07) is 0.656. The summed E-state index contributed by atoms with van der Waals surface area (Å²) >= 11 is 0. The highest BCUT2D eigenvalue weighted by Gasteiger charge is 2.23. The van der Waals surface area contributed by atoms with Gasteiger partial charge in [-0.15, -0.1) is 24.0 Å².